The van der Waals surface area contributed by atoms with Crippen molar-refractivity contribution in [1.29, 1.82) is 0 Å². The molecule has 1 aliphatic rings. The van der Waals surface area contributed by atoms with Gasteiger partial charge in [0.25, 0.3) is 0 Å². The molecule has 1 saturated carbocycles. The normalized spacial score (nSPS) is 18.3. The molecular formula is C14H28IN3O2. The van der Waals surface area contributed by atoms with E-state index in [1.165, 1.54) is 32.8 Å². The summed E-state index contributed by atoms with van der Waals surface area (Å²) >= 11 is 0. The minimum Gasteiger partial charge on any atom is -0.469 e. The molecule has 5 nitrogen and oxygen atoms in total. The van der Waals surface area contributed by atoms with Crippen molar-refractivity contribution in [3.05, 3.63) is 0 Å². The van der Waals surface area contributed by atoms with Gasteiger partial charge in [-0.05, 0) is 24.7 Å². The van der Waals surface area contributed by atoms with Gasteiger partial charge >= 0.3 is 5.97 Å². The van der Waals surface area contributed by atoms with Gasteiger partial charge in [0, 0.05) is 20.1 Å². The summed E-state index contributed by atoms with van der Waals surface area (Å²) in [6, 6.07) is 0. The lowest BCUT2D eigenvalue weighted by molar-refractivity contribution is -0.144. The second-order valence-electron chi connectivity index (χ2n) is 5.44. The fourth-order valence-corrected chi connectivity index (χ4v) is 2.36. The summed E-state index contributed by atoms with van der Waals surface area (Å²) in [5, 5.41) is 6.53. The van der Waals surface area contributed by atoms with Crippen LogP contribution in [0.25, 0.3) is 0 Å². The highest BCUT2D eigenvalue weighted by Gasteiger charge is 2.34. The molecular weight excluding hydrogens is 369 g/mol. The van der Waals surface area contributed by atoms with E-state index < -0.39 is 0 Å². The molecule has 1 rings (SSSR count). The SMILES string of the molecule is CCC1(CNC(=NC)NCC(C)C(=O)OC)CCC1.I. The molecule has 0 radical (unpaired) electrons. The standard InChI is InChI=1S/C14H27N3O2.HI/c1-5-14(7-6-8-14)10-17-13(15-3)16-9-11(2)12(18)19-4;/h11H,5-10H2,1-4H3,(H2,15,16,17);1H. The van der Waals surface area contributed by atoms with Crippen molar-refractivity contribution in [2.75, 3.05) is 27.2 Å². The van der Waals surface area contributed by atoms with Gasteiger partial charge in [0.1, 0.15) is 0 Å². The summed E-state index contributed by atoms with van der Waals surface area (Å²) in [5.74, 6) is 0.384. The highest BCUT2D eigenvalue weighted by molar-refractivity contribution is 14.0. The van der Waals surface area contributed by atoms with E-state index in [1.807, 2.05) is 6.92 Å². The van der Waals surface area contributed by atoms with Crippen LogP contribution < -0.4 is 10.6 Å². The van der Waals surface area contributed by atoms with E-state index in [9.17, 15) is 4.79 Å². The highest BCUT2D eigenvalue weighted by Crippen LogP contribution is 2.42. The van der Waals surface area contributed by atoms with Gasteiger partial charge in [0.2, 0.25) is 0 Å². The highest BCUT2D eigenvalue weighted by atomic mass is 127. The molecule has 1 aliphatic carbocycles. The number of esters is 1. The molecule has 0 heterocycles. The Balaban J connectivity index is 0.00000361. The second-order valence-corrected chi connectivity index (χ2v) is 5.44. The molecule has 0 aromatic rings. The Kier molecular flexibility index (Phi) is 9.16. The fraction of sp³-hybridized carbons (Fsp3) is 0.857. The molecule has 0 spiro atoms. The van der Waals surface area contributed by atoms with E-state index in [-0.39, 0.29) is 35.9 Å². The van der Waals surface area contributed by atoms with Crippen LogP contribution in [0.2, 0.25) is 0 Å². The number of nitrogens with one attached hydrogen (secondary N) is 2. The monoisotopic (exact) mass is 397 g/mol. The molecule has 118 valence electrons. The summed E-state index contributed by atoms with van der Waals surface area (Å²) < 4.78 is 4.70. The van der Waals surface area contributed by atoms with Crippen LogP contribution in [0.4, 0.5) is 0 Å². The zero-order valence-electron chi connectivity index (χ0n) is 13.0. The lowest BCUT2D eigenvalue weighted by Gasteiger charge is -2.41. The smallest absolute Gasteiger partial charge is 0.310 e. The summed E-state index contributed by atoms with van der Waals surface area (Å²) in [7, 11) is 3.16. The van der Waals surface area contributed by atoms with Crippen LogP contribution in [-0.2, 0) is 9.53 Å². The third-order valence-corrected chi connectivity index (χ3v) is 4.20. The first kappa shape index (κ1) is 19.5. The van der Waals surface area contributed by atoms with Crippen LogP contribution in [0.1, 0.15) is 39.5 Å². The average Bonchev–Trinajstić information content (AvgIpc) is 2.39. The molecule has 0 bridgehead atoms. The molecule has 2 N–H and O–H groups in total. The zero-order chi connectivity index (χ0) is 14.3. The van der Waals surface area contributed by atoms with E-state index in [4.69, 9.17) is 4.74 Å². The van der Waals surface area contributed by atoms with Crippen molar-refractivity contribution in [3.8, 4) is 0 Å². The number of hydrogen-bond acceptors (Lipinski definition) is 3. The van der Waals surface area contributed by atoms with Crippen LogP contribution in [0.5, 0.6) is 0 Å². The Hall–Kier alpha value is -0.530. The summed E-state index contributed by atoms with van der Waals surface area (Å²) in [4.78, 5) is 15.5. The molecule has 0 amide bonds. The van der Waals surface area contributed by atoms with E-state index >= 15 is 0 Å². The lowest BCUT2D eigenvalue weighted by atomic mass is 9.67. The Morgan fingerprint density at radius 2 is 2.05 bits per heavy atom. The minimum absolute atomic E-state index is 0. The first-order valence-electron chi connectivity index (χ1n) is 7.09. The number of carbonyl (C=O) groups excluding carboxylic acids is 1. The van der Waals surface area contributed by atoms with Crippen molar-refractivity contribution in [2.45, 2.75) is 39.5 Å². The van der Waals surface area contributed by atoms with Crippen LogP contribution in [0, 0.1) is 11.3 Å². The molecule has 0 aliphatic heterocycles. The van der Waals surface area contributed by atoms with Crippen molar-refractivity contribution in [2.24, 2.45) is 16.3 Å². The number of halogens is 1. The van der Waals surface area contributed by atoms with Gasteiger partial charge in [0.05, 0.1) is 13.0 Å². The predicted octanol–water partition coefficient (Wildman–Crippen LogP) is 2.16. The number of rotatable bonds is 6. The van der Waals surface area contributed by atoms with Gasteiger partial charge in [-0.15, -0.1) is 24.0 Å². The third kappa shape index (κ3) is 5.46. The number of carbonyl (C=O) groups is 1. The van der Waals surface area contributed by atoms with Gasteiger partial charge in [-0.25, -0.2) is 0 Å². The Labute approximate surface area is 139 Å². The van der Waals surface area contributed by atoms with E-state index in [1.54, 1.807) is 7.05 Å². The van der Waals surface area contributed by atoms with Gasteiger partial charge < -0.3 is 15.4 Å². The average molecular weight is 397 g/mol. The van der Waals surface area contributed by atoms with Crippen LogP contribution in [0.3, 0.4) is 0 Å². The number of hydrogen-bond donors (Lipinski definition) is 2. The first-order valence-corrected chi connectivity index (χ1v) is 7.09. The van der Waals surface area contributed by atoms with Gasteiger partial charge in [0.15, 0.2) is 5.96 Å². The molecule has 0 saturated heterocycles. The third-order valence-electron chi connectivity index (χ3n) is 4.20. The number of guanidine groups is 1. The molecule has 0 aromatic carbocycles. The largest absolute Gasteiger partial charge is 0.469 e. The van der Waals surface area contributed by atoms with Crippen molar-refractivity contribution >= 4 is 35.9 Å². The van der Waals surface area contributed by atoms with Crippen molar-refractivity contribution < 1.29 is 9.53 Å². The quantitative estimate of drug-likeness (QED) is 0.312. The number of nitrogens with zero attached hydrogens (tertiary/aromatic N) is 1. The minimum atomic E-state index is -0.202. The number of aliphatic imine (C=N–C) groups is 1. The maximum Gasteiger partial charge on any atom is 0.310 e. The second kappa shape index (κ2) is 9.41. The number of methoxy groups -OCH3 is 1. The molecule has 1 fully saturated rings. The zero-order valence-corrected chi connectivity index (χ0v) is 15.3. The van der Waals surface area contributed by atoms with Gasteiger partial charge in [-0.3, -0.25) is 9.79 Å². The van der Waals surface area contributed by atoms with Crippen LogP contribution >= 0.6 is 24.0 Å². The molecule has 1 unspecified atom stereocenters. The summed E-state index contributed by atoms with van der Waals surface area (Å²) in [6.45, 7) is 5.57. The van der Waals surface area contributed by atoms with E-state index in [0.29, 0.717) is 12.0 Å². The molecule has 6 heteroatoms. The Bertz CT molecular complexity index is 325. The number of ether oxygens (including phenoxy) is 1. The molecule has 20 heavy (non-hydrogen) atoms. The maximum absolute atomic E-state index is 11.3. The first-order chi connectivity index (χ1) is 9.06. The maximum atomic E-state index is 11.3. The van der Waals surface area contributed by atoms with E-state index in [0.717, 1.165) is 12.5 Å². The van der Waals surface area contributed by atoms with Gasteiger partial charge in [-0.1, -0.05) is 20.3 Å². The van der Waals surface area contributed by atoms with Crippen LogP contribution in [0.15, 0.2) is 4.99 Å². The van der Waals surface area contributed by atoms with Crippen LogP contribution in [-0.4, -0.2) is 39.2 Å². The Morgan fingerprint density at radius 3 is 2.45 bits per heavy atom. The lowest BCUT2D eigenvalue weighted by Crippen LogP contribution is -2.47. The summed E-state index contributed by atoms with van der Waals surface area (Å²) in [6.07, 6.45) is 5.13. The fourth-order valence-electron chi connectivity index (χ4n) is 2.36. The predicted molar refractivity (Wildman–Crippen MR) is 92.5 cm³/mol. The molecule has 0 aromatic heterocycles. The van der Waals surface area contributed by atoms with Crippen molar-refractivity contribution in [1.82, 2.24) is 10.6 Å². The Morgan fingerprint density at radius 1 is 1.40 bits per heavy atom. The topological polar surface area (TPSA) is 62.7 Å². The van der Waals surface area contributed by atoms with E-state index in [2.05, 4.69) is 22.5 Å². The summed E-state index contributed by atoms with van der Waals surface area (Å²) in [5.41, 5.74) is 0.450. The van der Waals surface area contributed by atoms with Crippen molar-refractivity contribution in [3.63, 3.8) is 0 Å². The van der Waals surface area contributed by atoms with Gasteiger partial charge in [-0.2, -0.15) is 0 Å². The molecule has 1 atom stereocenters.